The van der Waals surface area contributed by atoms with Crippen molar-refractivity contribution in [3.63, 3.8) is 0 Å². The standard InChI is InChI=1S/C15H26ClN3O2/c1-10(2)12-13(16)17-15(21)19(14(12)20)9-7-6-8-18(5)11(3)4/h10-11H,6-9H2,1-5H3,(H,17,21). The lowest BCUT2D eigenvalue weighted by molar-refractivity contribution is 0.266. The highest BCUT2D eigenvalue weighted by atomic mass is 35.5. The molecule has 1 aromatic rings. The molecular weight excluding hydrogens is 290 g/mol. The van der Waals surface area contributed by atoms with Crippen LogP contribution in [0.3, 0.4) is 0 Å². The second kappa shape index (κ2) is 7.80. The first-order chi connectivity index (χ1) is 9.75. The van der Waals surface area contributed by atoms with E-state index >= 15 is 0 Å². The van der Waals surface area contributed by atoms with Crippen LogP contribution in [0.25, 0.3) is 0 Å². The zero-order chi connectivity index (χ0) is 16.2. The van der Waals surface area contributed by atoms with Crippen LogP contribution in [0.5, 0.6) is 0 Å². The summed E-state index contributed by atoms with van der Waals surface area (Å²) in [5, 5.41) is 0.163. The van der Waals surface area contributed by atoms with Crippen molar-refractivity contribution in [1.82, 2.24) is 14.5 Å². The highest BCUT2D eigenvalue weighted by Crippen LogP contribution is 2.16. The van der Waals surface area contributed by atoms with Crippen LogP contribution in [0.15, 0.2) is 9.59 Å². The molecule has 0 aliphatic heterocycles. The molecule has 0 amide bonds. The largest absolute Gasteiger partial charge is 0.329 e. The monoisotopic (exact) mass is 315 g/mol. The predicted octanol–water partition coefficient (Wildman–Crippen LogP) is 2.43. The minimum absolute atomic E-state index is 0.0137. The molecule has 5 nitrogen and oxygen atoms in total. The van der Waals surface area contributed by atoms with Crippen molar-refractivity contribution in [2.24, 2.45) is 0 Å². The van der Waals surface area contributed by atoms with Gasteiger partial charge in [0, 0.05) is 12.6 Å². The molecule has 0 unspecified atom stereocenters. The maximum Gasteiger partial charge on any atom is 0.329 e. The number of hydrogen-bond acceptors (Lipinski definition) is 3. The van der Waals surface area contributed by atoms with Gasteiger partial charge in [-0.15, -0.1) is 0 Å². The second-order valence-corrected chi connectivity index (χ2v) is 6.43. The molecule has 21 heavy (non-hydrogen) atoms. The Morgan fingerprint density at radius 3 is 2.33 bits per heavy atom. The topological polar surface area (TPSA) is 58.1 Å². The van der Waals surface area contributed by atoms with E-state index in [-0.39, 0.29) is 16.6 Å². The van der Waals surface area contributed by atoms with Gasteiger partial charge in [-0.2, -0.15) is 0 Å². The van der Waals surface area contributed by atoms with Crippen LogP contribution in [0, 0.1) is 0 Å². The van der Waals surface area contributed by atoms with E-state index in [4.69, 9.17) is 11.6 Å². The van der Waals surface area contributed by atoms with Gasteiger partial charge in [0.25, 0.3) is 5.56 Å². The van der Waals surface area contributed by atoms with Crippen molar-refractivity contribution in [2.75, 3.05) is 13.6 Å². The molecule has 0 radical (unpaired) electrons. The maximum absolute atomic E-state index is 12.3. The van der Waals surface area contributed by atoms with Gasteiger partial charge in [0.1, 0.15) is 5.15 Å². The average Bonchev–Trinajstić information content (AvgIpc) is 2.36. The van der Waals surface area contributed by atoms with E-state index in [9.17, 15) is 9.59 Å². The molecule has 0 saturated heterocycles. The Kier molecular flexibility index (Phi) is 6.68. The lowest BCUT2D eigenvalue weighted by Crippen LogP contribution is -2.38. The number of hydrogen-bond donors (Lipinski definition) is 1. The third-order valence-corrected chi connectivity index (χ3v) is 4.07. The molecule has 0 saturated carbocycles. The summed E-state index contributed by atoms with van der Waals surface area (Å²) in [5.74, 6) is -0.0137. The van der Waals surface area contributed by atoms with Crippen molar-refractivity contribution in [2.45, 2.75) is 59.0 Å². The lowest BCUT2D eigenvalue weighted by Gasteiger charge is -2.20. The minimum Gasteiger partial charge on any atom is -0.304 e. The highest BCUT2D eigenvalue weighted by molar-refractivity contribution is 6.30. The Morgan fingerprint density at radius 1 is 1.19 bits per heavy atom. The minimum atomic E-state index is -0.424. The van der Waals surface area contributed by atoms with Crippen molar-refractivity contribution >= 4 is 11.6 Å². The quantitative estimate of drug-likeness (QED) is 0.621. The molecule has 1 rings (SSSR count). The van der Waals surface area contributed by atoms with Crippen molar-refractivity contribution < 1.29 is 0 Å². The van der Waals surface area contributed by atoms with Crippen molar-refractivity contribution in [3.8, 4) is 0 Å². The van der Waals surface area contributed by atoms with E-state index in [0.29, 0.717) is 18.2 Å². The van der Waals surface area contributed by atoms with E-state index in [1.165, 1.54) is 4.57 Å². The summed E-state index contributed by atoms with van der Waals surface area (Å²) in [6.45, 7) is 9.45. The molecule has 6 heteroatoms. The van der Waals surface area contributed by atoms with Gasteiger partial charge in [0.05, 0.1) is 5.56 Å². The van der Waals surface area contributed by atoms with Crippen LogP contribution < -0.4 is 11.2 Å². The summed E-state index contributed by atoms with van der Waals surface area (Å²) in [4.78, 5) is 29.0. The summed E-state index contributed by atoms with van der Waals surface area (Å²) in [5.41, 5.74) is -0.210. The van der Waals surface area contributed by atoms with E-state index in [1.54, 1.807) is 0 Å². The van der Waals surface area contributed by atoms with Crippen LogP contribution in [0.1, 0.15) is 52.0 Å². The lowest BCUT2D eigenvalue weighted by atomic mass is 10.1. The Morgan fingerprint density at radius 2 is 1.81 bits per heavy atom. The number of nitrogens with zero attached hydrogens (tertiary/aromatic N) is 2. The van der Waals surface area contributed by atoms with Crippen molar-refractivity contribution in [3.05, 3.63) is 31.6 Å². The molecule has 0 aromatic carbocycles. The highest BCUT2D eigenvalue weighted by Gasteiger charge is 2.15. The van der Waals surface area contributed by atoms with E-state index in [0.717, 1.165) is 19.4 Å². The van der Waals surface area contributed by atoms with E-state index in [1.807, 2.05) is 13.8 Å². The number of unbranched alkanes of at least 4 members (excludes halogenated alkanes) is 1. The van der Waals surface area contributed by atoms with Crippen LogP contribution in [0.2, 0.25) is 5.15 Å². The molecule has 0 aliphatic carbocycles. The second-order valence-electron chi connectivity index (χ2n) is 6.05. The molecule has 1 N–H and O–H groups in total. The summed E-state index contributed by atoms with van der Waals surface area (Å²) < 4.78 is 1.26. The normalized spacial score (nSPS) is 11.9. The first-order valence-electron chi connectivity index (χ1n) is 7.48. The molecule has 0 aliphatic rings. The molecule has 0 spiro atoms. The maximum atomic E-state index is 12.3. The van der Waals surface area contributed by atoms with Crippen molar-refractivity contribution in [1.29, 1.82) is 0 Å². The van der Waals surface area contributed by atoms with E-state index in [2.05, 4.69) is 30.8 Å². The predicted molar refractivity (Wildman–Crippen MR) is 87.4 cm³/mol. The molecule has 1 aromatic heterocycles. The number of rotatable bonds is 7. The first kappa shape index (κ1) is 18.0. The van der Waals surface area contributed by atoms with Crippen LogP contribution >= 0.6 is 11.6 Å². The fraction of sp³-hybridized carbons (Fsp3) is 0.733. The Balaban J connectivity index is 2.79. The fourth-order valence-corrected chi connectivity index (χ4v) is 2.53. The van der Waals surface area contributed by atoms with Crippen LogP contribution in [-0.2, 0) is 6.54 Å². The number of halogens is 1. The smallest absolute Gasteiger partial charge is 0.304 e. The van der Waals surface area contributed by atoms with Gasteiger partial charge in [0.2, 0.25) is 0 Å². The van der Waals surface area contributed by atoms with Gasteiger partial charge in [-0.25, -0.2) is 4.79 Å². The number of aromatic nitrogens is 2. The van der Waals surface area contributed by atoms with Crippen LogP contribution in [0.4, 0.5) is 0 Å². The summed E-state index contributed by atoms with van der Waals surface area (Å²) in [6, 6.07) is 0.499. The van der Waals surface area contributed by atoms with E-state index < -0.39 is 5.69 Å². The van der Waals surface area contributed by atoms with Gasteiger partial charge in [-0.1, -0.05) is 25.4 Å². The summed E-state index contributed by atoms with van der Waals surface area (Å²) in [6.07, 6.45) is 1.74. The van der Waals surface area contributed by atoms with Gasteiger partial charge in [-0.3, -0.25) is 14.3 Å². The Labute approximate surface area is 130 Å². The third-order valence-electron chi connectivity index (χ3n) is 3.78. The summed E-state index contributed by atoms with van der Waals surface area (Å²) >= 11 is 5.96. The molecule has 120 valence electrons. The van der Waals surface area contributed by atoms with Gasteiger partial charge in [-0.05, 0) is 46.2 Å². The average molecular weight is 316 g/mol. The third kappa shape index (κ3) is 4.71. The summed E-state index contributed by atoms with van der Waals surface area (Å²) in [7, 11) is 2.07. The number of aromatic amines is 1. The van der Waals surface area contributed by atoms with Gasteiger partial charge >= 0.3 is 5.69 Å². The molecular formula is C15H26ClN3O2. The molecule has 1 heterocycles. The van der Waals surface area contributed by atoms with Crippen LogP contribution in [-0.4, -0.2) is 34.1 Å². The molecule has 0 fully saturated rings. The first-order valence-corrected chi connectivity index (χ1v) is 7.86. The molecule has 0 bridgehead atoms. The zero-order valence-corrected chi connectivity index (χ0v) is 14.3. The number of nitrogens with one attached hydrogen (secondary N) is 1. The Hall–Kier alpha value is -1.07. The van der Waals surface area contributed by atoms with Gasteiger partial charge < -0.3 is 4.90 Å². The zero-order valence-electron chi connectivity index (χ0n) is 13.6. The SMILES string of the molecule is CC(C)c1c(Cl)[nH]c(=O)n(CCCCN(C)C(C)C)c1=O. The molecule has 0 atom stereocenters. The fourth-order valence-electron chi connectivity index (χ4n) is 2.15. The van der Waals surface area contributed by atoms with Gasteiger partial charge in [0.15, 0.2) is 0 Å². The number of H-pyrrole nitrogens is 1. The Bertz CT molecular complexity index is 575.